The van der Waals surface area contributed by atoms with Gasteiger partial charge in [-0.3, -0.25) is 9.69 Å². The van der Waals surface area contributed by atoms with E-state index in [1.54, 1.807) is 0 Å². The highest BCUT2D eigenvalue weighted by atomic mass is 79.9. The Kier molecular flexibility index (Phi) is 3.89. The molecule has 2 heterocycles. The predicted molar refractivity (Wildman–Crippen MR) is 91.6 cm³/mol. The Morgan fingerprint density at radius 1 is 1.36 bits per heavy atom. The molecule has 3 fully saturated rings. The Labute approximate surface area is 142 Å². The molecular formula is C18H24BrNO2. The molecule has 0 radical (unpaired) electrons. The van der Waals surface area contributed by atoms with Crippen LogP contribution in [0.25, 0.3) is 0 Å². The van der Waals surface area contributed by atoms with Crippen molar-refractivity contribution in [1.29, 1.82) is 0 Å². The number of aliphatic carboxylic acids is 1. The van der Waals surface area contributed by atoms with Gasteiger partial charge >= 0.3 is 5.97 Å². The second-order valence-electron chi connectivity index (χ2n) is 7.16. The lowest BCUT2D eigenvalue weighted by Gasteiger charge is -2.64. The summed E-state index contributed by atoms with van der Waals surface area (Å²) in [5.41, 5.74) is 3.21. The first kappa shape index (κ1) is 16.0. The van der Waals surface area contributed by atoms with Gasteiger partial charge in [0.1, 0.15) is 0 Å². The fourth-order valence-electron chi connectivity index (χ4n) is 5.67. The number of carboxylic acid groups (broad SMARTS) is 1. The van der Waals surface area contributed by atoms with E-state index in [9.17, 15) is 9.90 Å². The molecule has 3 unspecified atom stereocenters. The number of rotatable bonds is 2. The van der Waals surface area contributed by atoms with Crippen molar-refractivity contribution >= 4 is 23.0 Å². The molecule has 22 heavy (non-hydrogen) atoms. The van der Waals surface area contributed by atoms with Crippen molar-refractivity contribution in [3.63, 3.8) is 0 Å². The molecule has 120 valence electrons. The summed E-state index contributed by atoms with van der Waals surface area (Å²) in [6.45, 7) is 2.29. The fraction of sp³-hybridized carbons (Fsp3) is 0.611. The van der Waals surface area contributed by atoms with Crippen LogP contribution in [0.2, 0.25) is 0 Å². The predicted octanol–water partition coefficient (Wildman–Crippen LogP) is 3.26. The second-order valence-corrected chi connectivity index (χ2v) is 7.16. The van der Waals surface area contributed by atoms with Crippen LogP contribution in [0.4, 0.5) is 0 Å². The van der Waals surface area contributed by atoms with Gasteiger partial charge in [0.2, 0.25) is 0 Å². The molecule has 3 nitrogen and oxygen atoms in total. The van der Waals surface area contributed by atoms with E-state index in [2.05, 4.69) is 43.1 Å². The first-order valence-corrected chi connectivity index (χ1v) is 8.11. The number of halogens is 1. The number of hydrogen-bond acceptors (Lipinski definition) is 2. The molecule has 4 bridgehead atoms. The third kappa shape index (κ3) is 1.86. The normalized spacial score (nSPS) is 39.0. The quantitative estimate of drug-likeness (QED) is 0.874. The van der Waals surface area contributed by atoms with E-state index in [4.69, 9.17) is 0 Å². The topological polar surface area (TPSA) is 40.5 Å². The van der Waals surface area contributed by atoms with Gasteiger partial charge in [-0.2, -0.15) is 0 Å². The molecule has 5 rings (SSSR count). The minimum atomic E-state index is -0.603. The van der Waals surface area contributed by atoms with Crippen LogP contribution in [-0.4, -0.2) is 35.1 Å². The highest BCUT2D eigenvalue weighted by molar-refractivity contribution is 8.93. The number of likely N-dealkylation sites (N-methyl/N-ethyl adjacent to an activating group) is 1. The van der Waals surface area contributed by atoms with Crippen molar-refractivity contribution in [2.45, 2.75) is 50.1 Å². The van der Waals surface area contributed by atoms with Gasteiger partial charge in [-0.05, 0) is 49.8 Å². The van der Waals surface area contributed by atoms with Crippen LogP contribution in [0.15, 0.2) is 24.3 Å². The van der Waals surface area contributed by atoms with Crippen molar-refractivity contribution in [2.24, 2.45) is 11.8 Å². The Hall–Kier alpha value is -0.870. The summed E-state index contributed by atoms with van der Waals surface area (Å²) in [5.74, 6) is -0.288. The smallest absolute Gasteiger partial charge is 0.308 e. The van der Waals surface area contributed by atoms with E-state index in [0.29, 0.717) is 12.0 Å². The molecule has 0 amide bonds. The lowest BCUT2D eigenvalue weighted by Crippen LogP contribution is -2.69. The molecule has 2 saturated heterocycles. The van der Waals surface area contributed by atoms with E-state index < -0.39 is 5.97 Å². The largest absolute Gasteiger partial charge is 0.481 e. The van der Waals surface area contributed by atoms with Crippen LogP contribution >= 0.6 is 17.0 Å². The maximum absolute atomic E-state index is 11.6. The zero-order valence-electron chi connectivity index (χ0n) is 13.2. The Morgan fingerprint density at radius 3 is 2.77 bits per heavy atom. The Balaban J connectivity index is 0.00000144. The molecule has 4 heteroatoms. The summed E-state index contributed by atoms with van der Waals surface area (Å²) < 4.78 is 0. The van der Waals surface area contributed by atoms with Crippen molar-refractivity contribution in [3.8, 4) is 0 Å². The Bertz CT molecular complexity index is 605. The first-order chi connectivity index (χ1) is 10.1. The third-order valence-corrected chi connectivity index (χ3v) is 6.70. The molecular weight excluding hydrogens is 342 g/mol. The standard InChI is InChI=1S/C18H23NO2.BrH/c1-3-18-10-16-12(17(20)21)9-14(18)15(19(16)2)8-11-6-4-5-7-13(11)18;/h4-7,12,14-16H,3,8-10H2,1-2H3,(H,20,21);1H/t12-,14?,15?,16?,18+;/m0./s1. The van der Waals surface area contributed by atoms with Crippen LogP contribution < -0.4 is 0 Å². The molecule has 1 saturated carbocycles. The van der Waals surface area contributed by atoms with Crippen molar-refractivity contribution < 1.29 is 9.90 Å². The monoisotopic (exact) mass is 365 g/mol. The fourth-order valence-corrected chi connectivity index (χ4v) is 5.67. The van der Waals surface area contributed by atoms with Crippen LogP contribution in [0.5, 0.6) is 0 Å². The average Bonchev–Trinajstić information content (AvgIpc) is 2.50. The molecule has 2 aliphatic heterocycles. The van der Waals surface area contributed by atoms with Gasteiger partial charge in [0.15, 0.2) is 0 Å². The second kappa shape index (κ2) is 5.34. The van der Waals surface area contributed by atoms with E-state index in [1.807, 2.05) is 0 Å². The van der Waals surface area contributed by atoms with Crippen LogP contribution in [0, 0.1) is 11.8 Å². The number of carboxylic acids is 1. The summed E-state index contributed by atoms with van der Waals surface area (Å²) in [5, 5.41) is 9.57. The number of piperidine rings is 2. The number of fused-ring (bicyclic) bond motifs is 2. The molecule has 1 aromatic rings. The number of carbonyl (C=O) groups is 1. The van der Waals surface area contributed by atoms with Gasteiger partial charge in [-0.25, -0.2) is 0 Å². The van der Waals surface area contributed by atoms with Gasteiger partial charge in [0.05, 0.1) is 5.92 Å². The molecule has 4 aliphatic rings. The SMILES string of the molecule is Br.CC[C@]12CC3[C@@H](C(=O)O)CC1C(Cc1ccccc12)N3C. The Morgan fingerprint density at radius 2 is 2.09 bits per heavy atom. The highest BCUT2D eigenvalue weighted by Gasteiger charge is 2.61. The van der Waals surface area contributed by atoms with E-state index in [1.165, 1.54) is 11.1 Å². The van der Waals surface area contributed by atoms with Crippen LogP contribution in [0.1, 0.15) is 37.3 Å². The van der Waals surface area contributed by atoms with Gasteiger partial charge in [0.25, 0.3) is 0 Å². The maximum atomic E-state index is 11.6. The van der Waals surface area contributed by atoms with Gasteiger partial charge in [-0.15, -0.1) is 17.0 Å². The summed E-state index contributed by atoms with van der Waals surface area (Å²) in [4.78, 5) is 14.0. The third-order valence-electron chi connectivity index (χ3n) is 6.70. The lowest BCUT2D eigenvalue weighted by atomic mass is 9.48. The van der Waals surface area contributed by atoms with Gasteiger partial charge in [-0.1, -0.05) is 31.2 Å². The first-order valence-electron chi connectivity index (χ1n) is 8.11. The van der Waals surface area contributed by atoms with Crippen molar-refractivity contribution in [2.75, 3.05) is 7.05 Å². The minimum absolute atomic E-state index is 0. The van der Waals surface area contributed by atoms with E-state index in [0.717, 1.165) is 25.7 Å². The highest BCUT2D eigenvalue weighted by Crippen LogP contribution is 2.59. The van der Waals surface area contributed by atoms with Crippen molar-refractivity contribution in [1.82, 2.24) is 4.90 Å². The summed E-state index contributed by atoms with van der Waals surface area (Å²) >= 11 is 0. The molecule has 5 atom stereocenters. The molecule has 0 spiro atoms. The molecule has 1 N–H and O–H groups in total. The summed E-state index contributed by atoms with van der Waals surface area (Å²) in [7, 11) is 2.14. The molecule has 1 aromatic carbocycles. The van der Waals surface area contributed by atoms with Gasteiger partial charge < -0.3 is 5.11 Å². The van der Waals surface area contributed by atoms with E-state index in [-0.39, 0.29) is 34.4 Å². The maximum Gasteiger partial charge on any atom is 0.308 e. The molecule has 2 aliphatic carbocycles. The zero-order valence-corrected chi connectivity index (χ0v) is 14.9. The van der Waals surface area contributed by atoms with Crippen molar-refractivity contribution in [3.05, 3.63) is 35.4 Å². The van der Waals surface area contributed by atoms with Gasteiger partial charge in [0, 0.05) is 17.5 Å². The van der Waals surface area contributed by atoms with E-state index >= 15 is 0 Å². The summed E-state index contributed by atoms with van der Waals surface area (Å²) in [6, 6.07) is 9.58. The minimum Gasteiger partial charge on any atom is -0.481 e. The zero-order chi connectivity index (χ0) is 14.8. The number of hydrogen-bond donors (Lipinski definition) is 1. The number of nitrogens with zero attached hydrogens (tertiary/aromatic N) is 1. The average molecular weight is 366 g/mol. The molecule has 0 aromatic heterocycles. The van der Waals surface area contributed by atoms with Crippen LogP contribution in [0.3, 0.4) is 0 Å². The lowest BCUT2D eigenvalue weighted by molar-refractivity contribution is -0.159. The number of benzene rings is 1. The summed E-state index contributed by atoms with van der Waals surface area (Å²) in [6.07, 6.45) is 4.08. The van der Waals surface area contributed by atoms with Crippen LogP contribution in [-0.2, 0) is 16.6 Å².